The predicted molar refractivity (Wildman–Crippen MR) is 77.4 cm³/mol. The molecule has 0 fully saturated rings. The Hall–Kier alpha value is -1.17. The molecule has 0 aliphatic carbocycles. The predicted octanol–water partition coefficient (Wildman–Crippen LogP) is 1.59. The van der Waals surface area contributed by atoms with Gasteiger partial charge in [-0.15, -0.1) is 0 Å². The van der Waals surface area contributed by atoms with Gasteiger partial charge < -0.3 is 20.1 Å². The highest BCUT2D eigenvalue weighted by Gasteiger charge is 2.08. The number of ether oxygens (including phenoxy) is 2. The third-order valence-electron chi connectivity index (χ3n) is 2.94. The Kier molecular flexibility index (Phi) is 7.40. The van der Waals surface area contributed by atoms with E-state index in [4.69, 9.17) is 15.2 Å². The molecule has 1 atom stereocenters. The van der Waals surface area contributed by atoms with Gasteiger partial charge in [-0.25, -0.2) is 0 Å². The largest absolute Gasteiger partial charge is 0.385 e. The summed E-state index contributed by atoms with van der Waals surface area (Å²) < 4.78 is 10.2. The van der Waals surface area contributed by atoms with Crippen LogP contribution in [0.1, 0.15) is 25.1 Å². The van der Waals surface area contributed by atoms with Crippen molar-refractivity contribution in [3.05, 3.63) is 24.0 Å². The van der Waals surface area contributed by atoms with Crippen LogP contribution in [-0.2, 0) is 9.47 Å². The van der Waals surface area contributed by atoms with Gasteiger partial charge in [0.25, 0.3) is 0 Å². The minimum atomic E-state index is -0.0324. The van der Waals surface area contributed by atoms with E-state index in [1.54, 1.807) is 14.2 Å². The summed E-state index contributed by atoms with van der Waals surface area (Å²) in [6, 6.07) is 4.01. The molecule has 1 unspecified atom stereocenters. The summed E-state index contributed by atoms with van der Waals surface area (Å²) in [4.78, 5) is 6.65. The molecule has 19 heavy (non-hydrogen) atoms. The zero-order valence-corrected chi connectivity index (χ0v) is 12.1. The number of nitrogens with zero attached hydrogens (tertiary/aromatic N) is 2. The Labute approximate surface area is 115 Å². The van der Waals surface area contributed by atoms with Crippen LogP contribution in [0.4, 0.5) is 5.69 Å². The van der Waals surface area contributed by atoms with Crippen molar-refractivity contribution in [1.82, 2.24) is 4.98 Å². The molecule has 0 spiro atoms. The molecule has 1 aromatic heterocycles. The quantitative estimate of drug-likeness (QED) is 0.688. The SMILES string of the molecule is COCCCN(CCOC)c1ccc(C(C)N)nc1. The molecule has 5 heteroatoms. The van der Waals surface area contributed by atoms with Gasteiger partial charge in [-0.1, -0.05) is 0 Å². The topological polar surface area (TPSA) is 60.6 Å². The van der Waals surface area contributed by atoms with Crippen molar-refractivity contribution in [3.8, 4) is 0 Å². The Balaban J connectivity index is 2.66. The van der Waals surface area contributed by atoms with Crippen LogP contribution < -0.4 is 10.6 Å². The molecule has 0 amide bonds. The van der Waals surface area contributed by atoms with Crippen molar-refractivity contribution in [1.29, 1.82) is 0 Å². The molecular weight excluding hydrogens is 242 g/mol. The molecule has 0 bridgehead atoms. The number of methoxy groups -OCH3 is 2. The summed E-state index contributed by atoms with van der Waals surface area (Å²) in [6.45, 7) is 5.16. The molecule has 0 aliphatic rings. The van der Waals surface area contributed by atoms with Gasteiger partial charge in [-0.2, -0.15) is 0 Å². The maximum atomic E-state index is 5.81. The number of pyridine rings is 1. The number of rotatable bonds is 9. The van der Waals surface area contributed by atoms with Crippen LogP contribution in [0.15, 0.2) is 18.3 Å². The first-order valence-electron chi connectivity index (χ1n) is 6.63. The van der Waals surface area contributed by atoms with Crippen molar-refractivity contribution in [3.63, 3.8) is 0 Å². The van der Waals surface area contributed by atoms with Crippen molar-refractivity contribution < 1.29 is 9.47 Å². The van der Waals surface area contributed by atoms with Gasteiger partial charge in [-0.3, -0.25) is 4.98 Å². The molecule has 1 rings (SSSR count). The first kappa shape index (κ1) is 15.9. The van der Waals surface area contributed by atoms with Gasteiger partial charge in [-0.05, 0) is 25.5 Å². The van der Waals surface area contributed by atoms with Crippen LogP contribution in [0, 0.1) is 0 Å². The number of aromatic nitrogens is 1. The second kappa shape index (κ2) is 8.85. The zero-order chi connectivity index (χ0) is 14.1. The maximum absolute atomic E-state index is 5.81. The molecule has 5 nitrogen and oxygen atoms in total. The fraction of sp³-hybridized carbons (Fsp3) is 0.643. The van der Waals surface area contributed by atoms with Crippen LogP contribution in [-0.4, -0.2) is 45.5 Å². The fourth-order valence-corrected chi connectivity index (χ4v) is 1.83. The van der Waals surface area contributed by atoms with Crippen molar-refractivity contribution in [2.75, 3.05) is 45.4 Å². The van der Waals surface area contributed by atoms with Crippen molar-refractivity contribution in [2.24, 2.45) is 5.73 Å². The Morgan fingerprint density at radius 3 is 2.47 bits per heavy atom. The van der Waals surface area contributed by atoms with Crippen LogP contribution in [0.5, 0.6) is 0 Å². The van der Waals surface area contributed by atoms with E-state index in [-0.39, 0.29) is 6.04 Å². The Morgan fingerprint density at radius 1 is 1.21 bits per heavy atom. The van der Waals surface area contributed by atoms with E-state index in [2.05, 4.69) is 16.0 Å². The highest BCUT2D eigenvalue weighted by atomic mass is 16.5. The van der Waals surface area contributed by atoms with Crippen molar-refractivity contribution >= 4 is 5.69 Å². The monoisotopic (exact) mass is 267 g/mol. The first-order chi connectivity index (χ1) is 9.19. The molecule has 108 valence electrons. The number of hydrogen-bond donors (Lipinski definition) is 1. The average molecular weight is 267 g/mol. The van der Waals surface area contributed by atoms with E-state index in [1.807, 2.05) is 19.2 Å². The lowest BCUT2D eigenvalue weighted by Crippen LogP contribution is -2.29. The van der Waals surface area contributed by atoms with Gasteiger partial charge in [0.05, 0.1) is 24.2 Å². The molecule has 0 aromatic carbocycles. The number of anilines is 1. The molecule has 0 aliphatic heterocycles. The zero-order valence-electron chi connectivity index (χ0n) is 12.1. The number of nitrogens with two attached hydrogens (primary N) is 1. The van der Waals surface area contributed by atoms with E-state index in [0.717, 1.165) is 37.5 Å². The van der Waals surface area contributed by atoms with Gasteiger partial charge in [0, 0.05) is 40.0 Å². The lowest BCUT2D eigenvalue weighted by atomic mass is 10.2. The van der Waals surface area contributed by atoms with Gasteiger partial charge in [0.1, 0.15) is 0 Å². The first-order valence-corrected chi connectivity index (χ1v) is 6.63. The minimum absolute atomic E-state index is 0.0324. The third-order valence-corrected chi connectivity index (χ3v) is 2.94. The highest BCUT2D eigenvalue weighted by Crippen LogP contribution is 2.15. The normalized spacial score (nSPS) is 12.4. The second-order valence-electron chi connectivity index (χ2n) is 4.56. The summed E-state index contributed by atoms with van der Waals surface area (Å²) in [5, 5.41) is 0. The Morgan fingerprint density at radius 2 is 1.95 bits per heavy atom. The van der Waals surface area contributed by atoms with Gasteiger partial charge in [0.2, 0.25) is 0 Å². The standard InChI is InChI=1S/C14H25N3O2/c1-12(15)14-6-5-13(11-16-14)17(8-10-19-3)7-4-9-18-2/h5-6,11-12H,4,7-10,15H2,1-3H3. The summed E-state index contributed by atoms with van der Waals surface area (Å²) >= 11 is 0. The van der Waals surface area contributed by atoms with E-state index in [1.165, 1.54) is 0 Å². The summed E-state index contributed by atoms with van der Waals surface area (Å²) in [7, 11) is 3.43. The lowest BCUT2D eigenvalue weighted by molar-refractivity contribution is 0.191. The van der Waals surface area contributed by atoms with Crippen LogP contribution in [0.3, 0.4) is 0 Å². The minimum Gasteiger partial charge on any atom is -0.385 e. The summed E-state index contributed by atoms with van der Waals surface area (Å²) in [5.74, 6) is 0. The lowest BCUT2D eigenvalue weighted by Gasteiger charge is -2.24. The van der Waals surface area contributed by atoms with Crippen LogP contribution >= 0.6 is 0 Å². The molecule has 1 heterocycles. The summed E-state index contributed by atoms with van der Waals surface area (Å²) in [5.41, 5.74) is 7.81. The second-order valence-corrected chi connectivity index (χ2v) is 4.56. The molecule has 2 N–H and O–H groups in total. The maximum Gasteiger partial charge on any atom is 0.0637 e. The van der Waals surface area contributed by atoms with E-state index >= 15 is 0 Å². The molecule has 1 aromatic rings. The van der Waals surface area contributed by atoms with Crippen molar-refractivity contribution in [2.45, 2.75) is 19.4 Å². The third kappa shape index (κ3) is 5.55. The van der Waals surface area contributed by atoms with E-state index in [9.17, 15) is 0 Å². The van der Waals surface area contributed by atoms with E-state index in [0.29, 0.717) is 6.61 Å². The van der Waals surface area contributed by atoms with Crippen LogP contribution in [0.25, 0.3) is 0 Å². The van der Waals surface area contributed by atoms with Gasteiger partial charge >= 0.3 is 0 Å². The molecule has 0 saturated carbocycles. The smallest absolute Gasteiger partial charge is 0.0637 e. The molecule has 0 saturated heterocycles. The van der Waals surface area contributed by atoms with E-state index < -0.39 is 0 Å². The van der Waals surface area contributed by atoms with Crippen LogP contribution in [0.2, 0.25) is 0 Å². The molecular formula is C14H25N3O2. The fourth-order valence-electron chi connectivity index (χ4n) is 1.83. The molecule has 0 radical (unpaired) electrons. The number of hydrogen-bond acceptors (Lipinski definition) is 5. The van der Waals surface area contributed by atoms with Gasteiger partial charge in [0.15, 0.2) is 0 Å². The average Bonchev–Trinajstić information content (AvgIpc) is 2.43. The summed E-state index contributed by atoms with van der Waals surface area (Å²) in [6.07, 6.45) is 2.86. The highest BCUT2D eigenvalue weighted by molar-refractivity contribution is 5.44. The Bertz CT molecular complexity index is 341.